The minimum atomic E-state index is -0.850. The van der Waals surface area contributed by atoms with Crippen LogP contribution in [0.4, 0.5) is 0 Å². The van der Waals surface area contributed by atoms with Gasteiger partial charge in [-0.2, -0.15) is 0 Å². The molecule has 0 fully saturated rings. The Hall–Kier alpha value is -3.71. The Morgan fingerprint density at radius 3 is 2.34 bits per heavy atom. The molecule has 0 saturated carbocycles. The van der Waals surface area contributed by atoms with Gasteiger partial charge in [0.05, 0.1) is 19.1 Å². The summed E-state index contributed by atoms with van der Waals surface area (Å²) in [5, 5.41) is 9.05. The van der Waals surface area contributed by atoms with Crippen molar-refractivity contribution >= 4 is 5.97 Å². The molecule has 3 aromatic rings. The molecule has 0 radical (unpaired) electrons. The first-order valence-electron chi connectivity index (χ1n) is 10.5. The third-order valence-corrected chi connectivity index (χ3v) is 5.07. The molecule has 4 heteroatoms. The number of hydrogen-bond acceptors (Lipinski definition) is 3. The Bertz CT molecular complexity index is 1140. The highest BCUT2D eigenvalue weighted by molar-refractivity contribution is 5.73. The zero-order valence-electron chi connectivity index (χ0n) is 18.9. The second-order valence-electron chi connectivity index (χ2n) is 8.55. The van der Waals surface area contributed by atoms with Crippen molar-refractivity contribution in [3.8, 4) is 34.5 Å². The molecule has 0 aliphatic rings. The maximum atomic E-state index is 11.0. The fourth-order valence-electron chi connectivity index (χ4n) is 3.32. The molecule has 0 aliphatic heterocycles. The maximum Gasteiger partial charge on any atom is 0.307 e. The van der Waals surface area contributed by atoms with Crippen molar-refractivity contribution < 1.29 is 19.4 Å². The summed E-state index contributed by atoms with van der Waals surface area (Å²) in [6, 6.07) is 21.4. The number of methoxy groups -OCH3 is 1. The fraction of sp³-hybridized carbons (Fsp3) is 0.250. The summed E-state index contributed by atoms with van der Waals surface area (Å²) in [7, 11) is 1.61. The van der Waals surface area contributed by atoms with Gasteiger partial charge in [-0.3, -0.25) is 4.79 Å². The molecule has 0 bridgehead atoms. The molecule has 1 N–H and O–H groups in total. The molecule has 0 amide bonds. The Balaban J connectivity index is 1.75. The van der Waals surface area contributed by atoms with E-state index >= 15 is 0 Å². The van der Waals surface area contributed by atoms with Crippen molar-refractivity contribution in [3.63, 3.8) is 0 Å². The van der Waals surface area contributed by atoms with Gasteiger partial charge in [0.25, 0.3) is 0 Å². The van der Waals surface area contributed by atoms with Crippen molar-refractivity contribution in [1.29, 1.82) is 0 Å². The normalized spacial score (nSPS) is 10.8. The van der Waals surface area contributed by atoms with E-state index in [0.717, 1.165) is 28.0 Å². The van der Waals surface area contributed by atoms with E-state index in [1.807, 2.05) is 54.6 Å². The van der Waals surface area contributed by atoms with Gasteiger partial charge in [0.2, 0.25) is 0 Å². The van der Waals surface area contributed by atoms with E-state index < -0.39 is 5.97 Å². The Labute approximate surface area is 189 Å². The van der Waals surface area contributed by atoms with E-state index in [2.05, 4.69) is 44.7 Å². The van der Waals surface area contributed by atoms with Crippen LogP contribution in [0.25, 0.3) is 11.1 Å². The molecule has 0 atom stereocenters. The van der Waals surface area contributed by atoms with E-state index in [0.29, 0.717) is 5.75 Å². The zero-order chi connectivity index (χ0) is 23.1. The average molecular weight is 429 g/mol. The van der Waals surface area contributed by atoms with Crippen molar-refractivity contribution in [3.05, 3.63) is 83.4 Å². The van der Waals surface area contributed by atoms with Crippen LogP contribution in [0.5, 0.6) is 11.5 Å². The van der Waals surface area contributed by atoms with Crippen molar-refractivity contribution in [1.82, 2.24) is 0 Å². The van der Waals surface area contributed by atoms with Crippen LogP contribution >= 0.6 is 0 Å². The molecule has 3 aromatic carbocycles. The molecule has 4 nitrogen and oxygen atoms in total. The maximum absolute atomic E-state index is 11.0. The first kappa shape index (κ1) is 23.0. The van der Waals surface area contributed by atoms with E-state index in [-0.39, 0.29) is 18.4 Å². The fourth-order valence-corrected chi connectivity index (χ4v) is 3.32. The van der Waals surface area contributed by atoms with Crippen LogP contribution in [0.2, 0.25) is 0 Å². The summed E-state index contributed by atoms with van der Waals surface area (Å²) in [4.78, 5) is 11.0. The lowest BCUT2D eigenvalue weighted by Crippen LogP contribution is -2.10. The minimum Gasteiger partial charge on any atom is -0.495 e. The monoisotopic (exact) mass is 428 g/mol. The molecule has 3 rings (SSSR count). The Morgan fingerprint density at radius 2 is 1.69 bits per heavy atom. The number of hydrogen-bond donors (Lipinski definition) is 1. The van der Waals surface area contributed by atoms with Crippen LogP contribution in [-0.2, 0) is 16.6 Å². The number of rotatable bonds is 6. The summed E-state index contributed by atoms with van der Waals surface area (Å²) in [5.74, 6) is 6.80. The number of carboxylic acids is 1. The van der Waals surface area contributed by atoms with Gasteiger partial charge in [-0.1, -0.05) is 75.1 Å². The Kier molecular flexibility index (Phi) is 7.22. The summed E-state index contributed by atoms with van der Waals surface area (Å²) in [5.41, 5.74) is 4.74. The smallest absolute Gasteiger partial charge is 0.307 e. The topological polar surface area (TPSA) is 55.8 Å². The second-order valence-corrected chi connectivity index (χ2v) is 8.55. The van der Waals surface area contributed by atoms with E-state index in [4.69, 9.17) is 14.6 Å². The third kappa shape index (κ3) is 6.15. The molecule has 0 saturated heterocycles. The van der Waals surface area contributed by atoms with Crippen LogP contribution in [-0.4, -0.2) is 24.8 Å². The van der Waals surface area contributed by atoms with E-state index in [1.165, 1.54) is 5.56 Å². The number of ether oxygens (including phenoxy) is 2. The molecular formula is C28H28O4. The standard InChI is InChI=1S/C28H28O4/c1-28(2,3)24-11-13-25(14-12-24)32-16-6-9-23-19-22(10-15-26(23)31-4)21-8-5-7-20(17-21)18-27(29)30/h5,7-8,10-15,17,19H,16,18H2,1-4H3,(H,29,30). The average Bonchev–Trinajstić information content (AvgIpc) is 2.76. The minimum absolute atomic E-state index is 0.00920. The largest absolute Gasteiger partial charge is 0.495 e. The highest BCUT2D eigenvalue weighted by Crippen LogP contribution is 2.27. The van der Waals surface area contributed by atoms with Gasteiger partial charge in [0.15, 0.2) is 0 Å². The van der Waals surface area contributed by atoms with Crippen molar-refractivity contribution in [2.75, 3.05) is 13.7 Å². The first-order chi connectivity index (χ1) is 15.3. The summed E-state index contributed by atoms with van der Waals surface area (Å²) >= 11 is 0. The lowest BCUT2D eigenvalue weighted by atomic mass is 9.87. The molecule has 164 valence electrons. The van der Waals surface area contributed by atoms with E-state index in [1.54, 1.807) is 7.11 Å². The molecule has 0 aromatic heterocycles. The first-order valence-corrected chi connectivity index (χ1v) is 10.5. The van der Waals surface area contributed by atoms with Crippen LogP contribution in [0.1, 0.15) is 37.5 Å². The molecule has 32 heavy (non-hydrogen) atoms. The third-order valence-electron chi connectivity index (χ3n) is 5.07. The molecule has 0 spiro atoms. The van der Waals surface area contributed by atoms with Gasteiger partial charge >= 0.3 is 5.97 Å². The molecule has 0 aliphatic carbocycles. The van der Waals surface area contributed by atoms with E-state index in [9.17, 15) is 4.79 Å². The second kappa shape index (κ2) is 10.1. The zero-order valence-corrected chi connectivity index (χ0v) is 18.9. The molecule has 0 unspecified atom stereocenters. The summed E-state index contributed by atoms with van der Waals surface area (Å²) in [6.45, 7) is 6.80. The lowest BCUT2D eigenvalue weighted by Gasteiger charge is -2.18. The van der Waals surface area contributed by atoms with Crippen LogP contribution in [0.3, 0.4) is 0 Å². The van der Waals surface area contributed by atoms with Crippen molar-refractivity contribution in [2.24, 2.45) is 0 Å². The SMILES string of the molecule is COc1ccc(-c2cccc(CC(=O)O)c2)cc1C#CCOc1ccc(C(C)(C)C)cc1. The number of aliphatic carboxylic acids is 1. The molecular weight excluding hydrogens is 400 g/mol. The molecule has 0 heterocycles. The van der Waals surface area contributed by atoms with Gasteiger partial charge in [-0.15, -0.1) is 0 Å². The summed E-state index contributed by atoms with van der Waals surface area (Å²) in [6.07, 6.45) is -0.00920. The quantitative estimate of drug-likeness (QED) is 0.511. The van der Waals surface area contributed by atoms with Gasteiger partial charge in [-0.05, 0) is 51.9 Å². The lowest BCUT2D eigenvalue weighted by molar-refractivity contribution is -0.136. The van der Waals surface area contributed by atoms with Gasteiger partial charge in [0.1, 0.15) is 18.1 Å². The summed E-state index contributed by atoms with van der Waals surface area (Å²) < 4.78 is 11.2. The van der Waals surface area contributed by atoms with Gasteiger partial charge in [0, 0.05) is 0 Å². The number of benzene rings is 3. The van der Waals surface area contributed by atoms with Crippen molar-refractivity contribution in [2.45, 2.75) is 32.6 Å². The van der Waals surface area contributed by atoms with Crippen LogP contribution in [0, 0.1) is 11.8 Å². The highest BCUT2D eigenvalue weighted by atomic mass is 16.5. The Morgan fingerprint density at radius 1 is 0.969 bits per heavy atom. The van der Waals surface area contributed by atoms with Crippen LogP contribution < -0.4 is 9.47 Å². The highest BCUT2D eigenvalue weighted by Gasteiger charge is 2.12. The number of carbonyl (C=O) groups is 1. The van der Waals surface area contributed by atoms with Gasteiger partial charge in [-0.25, -0.2) is 0 Å². The number of carboxylic acid groups (broad SMARTS) is 1. The van der Waals surface area contributed by atoms with Gasteiger partial charge < -0.3 is 14.6 Å². The predicted octanol–water partition coefficient (Wildman–Crippen LogP) is 5.72. The van der Waals surface area contributed by atoms with Crippen LogP contribution in [0.15, 0.2) is 66.7 Å². The predicted molar refractivity (Wildman–Crippen MR) is 127 cm³/mol.